The summed E-state index contributed by atoms with van der Waals surface area (Å²) >= 11 is 0. The monoisotopic (exact) mass is 276 g/mol. The van der Waals surface area contributed by atoms with Crippen LogP contribution in [-0.2, 0) is 7.05 Å². The average molecular weight is 276 g/mol. The lowest BCUT2D eigenvalue weighted by Gasteiger charge is -2.04. The molecule has 0 aliphatic heterocycles. The van der Waals surface area contributed by atoms with Crippen LogP contribution in [0.5, 0.6) is 0 Å². The molecule has 0 amide bonds. The van der Waals surface area contributed by atoms with Gasteiger partial charge in [0, 0.05) is 30.7 Å². The van der Waals surface area contributed by atoms with E-state index in [0.29, 0.717) is 0 Å². The number of fused-ring (bicyclic) bond motifs is 3. The summed E-state index contributed by atoms with van der Waals surface area (Å²) in [5.74, 6) is 0. The van der Waals surface area contributed by atoms with Gasteiger partial charge in [-0.3, -0.25) is 9.97 Å². The van der Waals surface area contributed by atoms with Crippen molar-refractivity contribution in [2.24, 2.45) is 7.05 Å². The molecule has 102 valence electrons. The fraction of sp³-hybridized carbons (Fsp3) is 0.118. The van der Waals surface area contributed by atoms with E-state index in [1.165, 1.54) is 0 Å². The summed E-state index contributed by atoms with van der Waals surface area (Å²) in [5.41, 5.74) is 5.78. The van der Waals surface area contributed by atoms with E-state index in [2.05, 4.69) is 27.5 Å². The van der Waals surface area contributed by atoms with Crippen molar-refractivity contribution < 1.29 is 8.98 Å². The molecule has 0 saturated carbocycles. The van der Waals surface area contributed by atoms with E-state index in [1.807, 2.05) is 37.6 Å². The molecule has 0 aliphatic carbocycles. The molecular weight excluding hydrogens is 262 g/mol. The highest BCUT2D eigenvalue weighted by Gasteiger charge is 2.20. The molecule has 4 nitrogen and oxygen atoms in total. The Morgan fingerprint density at radius 1 is 1.14 bits per heavy atom. The standard InChI is InChI=1S/C17H14N3O/c1-11-9-19-16-12-10-18-7-6-14(12)21-17(16)15(11)13-5-3-4-8-20(13)2/h3-10H,1-2H3/q+1. The van der Waals surface area contributed by atoms with E-state index in [1.54, 1.807) is 12.4 Å². The molecule has 4 rings (SSSR count). The van der Waals surface area contributed by atoms with Gasteiger partial charge in [0.1, 0.15) is 18.1 Å². The van der Waals surface area contributed by atoms with Gasteiger partial charge in [-0.05, 0) is 24.6 Å². The first-order chi connectivity index (χ1) is 10.3. The van der Waals surface area contributed by atoms with Crippen molar-refractivity contribution in [1.82, 2.24) is 9.97 Å². The van der Waals surface area contributed by atoms with Gasteiger partial charge in [0.05, 0.1) is 10.9 Å². The Morgan fingerprint density at radius 2 is 2.05 bits per heavy atom. The highest BCUT2D eigenvalue weighted by Crippen LogP contribution is 2.34. The van der Waals surface area contributed by atoms with E-state index in [-0.39, 0.29) is 0 Å². The minimum absolute atomic E-state index is 0.818. The van der Waals surface area contributed by atoms with Crippen molar-refractivity contribution >= 4 is 22.1 Å². The molecule has 4 aromatic heterocycles. The molecule has 0 N–H and O–H groups in total. The normalized spacial score (nSPS) is 11.3. The summed E-state index contributed by atoms with van der Waals surface area (Å²) in [7, 11) is 2.03. The Morgan fingerprint density at radius 3 is 2.90 bits per heavy atom. The van der Waals surface area contributed by atoms with Gasteiger partial charge in [0.15, 0.2) is 11.8 Å². The van der Waals surface area contributed by atoms with Crippen molar-refractivity contribution in [2.75, 3.05) is 0 Å². The van der Waals surface area contributed by atoms with Gasteiger partial charge in [0.2, 0.25) is 5.69 Å². The first kappa shape index (κ1) is 12.0. The summed E-state index contributed by atoms with van der Waals surface area (Å²) in [4.78, 5) is 8.71. The van der Waals surface area contributed by atoms with Gasteiger partial charge in [0.25, 0.3) is 0 Å². The lowest BCUT2D eigenvalue weighted by atomic mass is 10.1. The molecule has 21 heavy (non-hydrogen) atoms. The maximum absolute atomic E-state index is 6.06. The third kappa shape index (κ3) is 1.72. The number of nitrogens with zero attached hydrogens (tertiary/aromatic N) is 3. The maximum atomic E-state index is 6.06. The predicted molar refractivity (Wildman–Crippen MR) is 80.7 cm³/mol. The van der Waals surface area contributed by atoms with Crippen LogP contribution in [-0.4, -0.2) is 9.97 Å². The maximum Gasteiger partial charge on any atom is 0.216 e. The number of furan rings is 1. The highest BCUT2D eigenvalue weighted by atomic mass is 16.3. The molecule has 4 heteroatoms. The number of pyridine rings is 3. The van der Waals surface area contributed by atoms with E-state index in [0.717, 1.165) is 38.9 Å². The van der Waals surface area contributed by atoms with Crippen LogP contribution < -0.4 is 4.57 Å². The van der Waals surface area contributed by atoms with Crippen LogP contribution in [0.3, 0.4) is 0 Å². The van der Waals surface area contributed by atoms with Gasteiger partial charge in [-0.25, -0.2) is 4.57 Å². The molecule has 0 spiro atoms. The Kier molecular flexibility index (Phi) is 2.51. The van der Waals surface area contributed by atoms with Gasteiger partial charge in [-0.2, -0.15) is 0 Å². The zero-order valence-corrected chi connectivity index (χ0v) is 11.9. The molecule has 0 radical (unpaired) electrons. The van der Waals surface area contributed by atoms with Crippen LogP contribution in [0.4, 0.5) is 0 Å². The van der Waals surface area contributed by atoms with E-state index >= 15 is 0 Å². The third-order valence-electron chi connectivity index (χ3n) is 3.78. The Hall–Kier alpha value is -2.75. The molecule has 4 heterocycles. The first-order valence-electron chi connectivity index (χ1n) is 6.82. The second-order valence-corrected chi connectivity index (χ2v) is 5.16. The van der Waals surface area contributed by atoms with Crippen LogP contribution in [0.25, 0.3) is 33.3 Å². The van der Waals surface area contributed by atoms with Crippen molar-refractivity contribution in [1.29, 1.82) is 0 Å². The molecule has 0 aromatic carbocycles. The van der Waals surface area contributed by atoms with Gasteiger partial charge in [-0.15, -0.1) is 0 Å². The lowest BCUT2D eigenvalue weighted by molar-refractivity contribution is -0.660. The summed E-state index contributed by atoms with van der Waals surface area (Å²) < 4.78 is 8.15. The van der Waals surface area contributed by atoms with Crippen molar-refractivity contribution in [3.8, 4) is 11.3 Å². The second kappa shape index (κ2) is 4.38. The number of rotatable bonds is 1. The Labute approximate surface area is 121 Å². The molecule has 0 atom stereocenters. The predicted octanol–water partition coefficient (Wildman–Crippen LogP) is 3.18. The summed E-state index contributed by atoms with van der Waals surface area (Å²) in [6.45, 7) is 2.06. The molecule has 0 fully saturated rings. The number of hydrogen-bond donors (Lipinski definition) is 0. The number of hydrogen-bond acceptors (Lipinski definition) is 3. The molecule has 4 aromatic rings. The third-order valence-corrected chi connectivity index (χ3v) is 3.78. The molecular formula is C17H14N3O+. The molecule has 0 aliphatic rings. The lowest BCUT2D eigenvalue weighted by Crippen LogP contribution is -2.30. The van der Waals surface area contributed by atoms with Crippen molar-refractivity contribution in [3.05, 3.63) is 54.6 Å². The average Bonchev–Trinajstić information content (AvgIpc) is 2.87. The minimum atomic E-state index is 0.818. The number of aromatic nitrogens is 3. The second-order valence-electron chi connectivity index (χ2n) is 5.16. The van der Waals surface area contributed by atoms with Crippen LogP contribution in [0.15, 0.2) is 53.5 Å². The van der Waals surface area contributed by atoms with Gasteiger partial charge >= 0.3 is 0 Å². The topological polar surface area (TPSA) is 42.8 Å². The quantitative estimate of drug-likeness (QED) is 0.501. The van der Waals surface area contributed by atoms with E-state index in [9.17, 15) is 0 Å². The molecule has 0 unspecified atom stereocenters. The largest absolute Gasteiger partial charge is 0.453 e. The fourth-order valence-corrected chi connectivity index (χ4v) is 2.73. The Balaban J connectivity index is 2.18. The highest BCUT2D eigenvalue weighted by molar-refractivity contribution is 6.06. The summed E-state index contributed by atoms with van der Waals surface area (Å²) in [6.07, 6.45) is 7.47. The molecule has 0 saturated heterocycles. The van der Waals surface area contributed by atoms with Crippen LogP contribution in [0.2, 0.25) is 0 Å². The Bertz CT molecular complexity index is 972. The van der Waals surface area contributed by atoms with Crippen LogP contribution in [0.1, 0.15) is 5.56 Å². The SMILES string of the molecule is Cc1cnc2c(oc3ccncc32)c1-c1cccc[n+]1C. The minimum Gasteiger partial charge on any atom is -0.453 e. The fourth-order valence-electron chi connectivity index (χ4n) is 2.73. The first-order valence-corrected chi connectivity index (χ1v) is 6.82. The zero-order chi connectivity index (χ0) is 14.4. The van der Waals surface area contributed by atoms with E-state index < -0.39 is 0 Å². The smallest absolute Gasteiger partial charge is 0.216 e. The van der Waals surface area contributed by atoms with Gasteiger partial charge in [-0.1, -0.05) is 0 Å². The number of aryl methyl sites for hydroxylation is 2. The zero-order valence-electron chi connectivity index (χ0n) is 11.9. The van der Waals surface area contributed by atoms with Crippen LogP contribution >= 0.6 is 0 Å². The molecule has 0 bridgehead atoms. The van der Waals surface area contributed by atoms with Crippen LogP contribution in [0, 0.1) is 6.92 Å². The van der Waals surface area contributed by atoms with Gasteiger partial charge < -0.3 is 4.42 Å². The van der Waals surface area contributed by atoms with E-state index in [4.69, 9.17) is 4.42 Å². The summed E-state index contributed by atoms with van der Waals surface area (Å²) in [6, 6.07) is 8.01. The van der Waals surface area contributed by atoms with Crippen molar-refractivity contribution in [3.63, 3.8) is 0 Å². The summed E-state index contributed by atoms with van der Waals surface area (Å²) in [5, 5.41) is 0.951. The van der Waals surface area contributed by atoms with Crippen molar-refractivity contribution in [2.45, 2.75) is 6.92 Å².